The largest absolute Gasteiger partial charge is 0.351 e. The molecule has 0 bridgehead atoms. The van der Waals surface area contributed by atoms with E-state index in [0.29, 0.717) is 17.0 Å². The molecular weight excluding hydrogens is 288 g/mol. The highest BCUT2D eigenvalue weighted by Gasteiger charge is 2.40. The van der Waals surface area contributed by atoms with Crippen LogP contribution in [0.1, 0.15) is 44.2 Å². The van der Waals surface area contributed by atoms with Crippen molar-refractivity contribution in [2.75, 3.05) is 0 Å². The Balaban J connectivity index is 2.50. The number of halogens is 3. The monoisotopic (exact) mass is 303 g/mol. The van der Waals surface area contributed by atoms with Crippen molar-refractivity contribution in [3.63, 3.8) is 0 Å². The van der Waals surface area contributed by atoms with Crippen molar-refractivity contribution in [1.29, 1.82) is 0 Å². The van der Waals surface area contributed by atoms with Crippen molar-refractivity contribution < 1.29 is 9.18 Å². The van der Waals surface area contributed by atoms with E-state index in [0.717, 1.165) is 25.7 Å². The van der Waals surface area contributed by atoms with Crippen LogP contribution in [0.15, 0.2) is 12.1 Å². The first-order valence-corrected chi connectivity index (χ1v) is 7.08. The van der Waals surface area contributed by atoms with Gasteiger partial charge in [0.05, 0.1) is 16.1 Å². The molecule has 0 radical (unpaired) electrons. The zero-order chi connectivity index (χ0) is 14.0. The van der Waals surface area contributed by atoms with Gasteiger partial charge in [-0.05, 0) is 30.4 Å². The lowest BCUT2D eigenvalue weighted by atomic mass is 9.77. The van der Waals surface area contributed by atoms with Crippen LogP contribution in [0, 0.1) is 11.2 Å². The maximum atomic E-state index is 14.1. The highest BCUT2D eigenvalue weighted by Crippen LogP contribution is 2.49. The number of rotatable bonds is 4. The Kier molecular flexibility index (Phi) is 4.36. The van der Waals surface area contributed by atoms with Gasteiger partial charge in [0, 0.05) is 5.56 Å². The Hall–Kier alpha value is -0.800. The number of hydrogen-bond donors (Lipinski definition) is 1. The molecule has 1 aliphatic rings. The van der Waals surface area contributed by atoms with Crippen LogP contribution in [0.2, 0.25) is 10.0 Å². The van der Waals surface area contributed by atoms with Gasteiger partial charge in [0.2, 0.25) is 6.41 Å². The van der Waals surface area contributed by atoms with Crippen LogP contribution in [-0.2, 0) is 4.79 Å². The van der Waals surface area contributed by atoms with E-state index in [1.54, 1.807) is 0 Å². The van der Waals surface area contributed by atoms with E-state index in [-0.39, 0.29) is 10.4 Å². The number of carbonyl (C=O) groups excluding carboxylic acids is 1. The topological polar surface area (TPSA) is 29.1 Å². The second-order valence-corrected chi connectivity index (χ2v) is 6.12. The van der Waals surface area contributed by atoms with Gasteiger partial charge < -0.3 is 5.32 Å². The molecule has 0 aromatic heterocycles. The summed E-state index contributed by atoms with van der Waals surface area (Å²) in [5.74, 6) is -0.429. The lowest BCUT2D eigenvalue weighted by Crippen LogP contribution is -2.34. The number of hydrogen-bond acceptors (Lipinski definition) is 1. The minimum absolute atomic E-state index is 0.184. The molecule has 1 aliphatic carbocycles. The van der Waals surface area contributed by atoms with Crippen LogP contribution in [0.3, 0.4) is 0 Å². The van der Waals surface area contributed by atoms with Gasteiger partial charge in [-0.25, -0.2) is 4.39 Å². The van der Waals surface area contributed by atoms with Crippen LogP contribution in [0.5, 0.6) is 0 Å². The maximum Gasteiger partial charge on any atom is 0.207 e. The van der Waals surface area contributed by atoms with E-state index in [9.17, 15) is 9.18 Å². The fourth-order valence-corrected chi connectivity index (χ4v) is 3.41. The molecule has 1 aromatic rings. The molecule has 1 unspecified atom stereocenters. The third kappa shape index (κ3) is 2.72. The van der Waals surface area contributed by atoms with Crippen LogP contribution < -0.4 is 5.32 Å². The van der Waals surface area contributed by atoms with Gasteiger partial charge in [0.1, 0.15) is 5.82 Å². The summed E-state index contributed by atoms with van der Waals surface area (Å²) in [6.07, 6.45) is 4.62. The number of amides is 1. The average molecular weight is 304 g/mol. The quantitative estimate of drug-likeness (QED) is 0.644. The fraction of sp³-hybridized carbons (Fsp3) is 0.500. The zero-order valence-corrected chi connectivity index (χ0v) is 12.2. The molecule has 1 fully saturated rings. The summed E-state index contributed by atoms with van der Waals surface area (Å²) < 4.78 is 14.1. The Bertz CT molecular complexity index is 487. The predicted octanol–water partition coefficient (Wildman–Crippen LogP) is 4.50. The summed E-state index contributed by atoms with van der Waals surface area (Å²) in [6.45, 7) is 2.05. The van der Waals surface area contributed by atoms with Gasteiger partial charge in [-0.1, -0.05) is 43.0 Å². The van der Waals surface area contributed by atoms with Crippen molar-refractivity contribution in [2.45, 2.75) is 38.6 Å². The Morgan fingerprint density at radius 3 is 2.58 bits per heavy atom. The van der Waals surface area contributed by atoms with Gasteiger partial charge in [0.25, 0.3) is 0 Å². The van der Waals surface area contributed by atoms with Gasteiger partial charge in [-0.15, -0.1) is 0 Å². The standard InChI is InChI=1S/C14H16Cl2FNO/c1-14(6-2-3-7-14)13(18-8-19)11-10(17)5-4-9(15)12(11)16/h4-5,8,13H,2-3,6-7H2,1H3,(H,18,19). The molecule has 0 saturated heterocycles. The second kappa shape index (κ2) is 5.68. The highest BCUT2D eigenvalue weighted by atomic mass is 35.5. The SMILES string of the molecule is CC1(C(NC=O)c2c(F)ccc(Cl)c2Cl)CCCC1. The molecule has 1 aromatic carbocycles. The molecular formula is C14H16Cl2FNO. The first-order chi connectivity index (χ1) is 8.99. The van der Waals surface area contributed by atoms with Crippen LogP contribution >= 0.6 is 23.2 Å². The summed E-state index contributed by atoms with van der Waals surface area (Å²) in [7, 11) is 0. The molecule has 1 saturated carbocycles. The molecule has 2 nitrogen and oxygen atoms in total. The molecule has 1 N–H and O–H groups in total. The third-order valence-corrected chi connectivity index (χ3v) is 4.86. The fourth-order valence-electron chi connectivity index (χ4n) is 2.98. The zero-order valence-electron chi connectivity index (χ0n) is 10.7. The lowest BCUT2D eigenvalue weighted by Gasteiger charge is -2.34. The van der Waals surface area contributed by atoms with Gasteiger partial charge in [-0.3, -0.25) is 4.79 Å². The third-order valence-electron chi connectivity index (χ3n) is 4.05. The molecule has 1 amide bonds. The number of benzene rings is 1. The van der Waals surface area contributed by atoms with Crippen molar-refractivity contribution in [2.24, 2.45) is 5.41 Å². The summed E-state index contributed by atoms with van der Waals surface area (Å²) in [6, 6.07) is 2.28. The molecule has 5 heteroatoms. The summed E-state index contributed by atoms with van der Waals surface area (Å²) >= 11 is 12.1. The normalized spacial score (nSPS) is 19.2. The second-order valence-electron chi connectivity index (χ2n) is 5.34. The first-order valence-electron chi connectivity index (χ1n) is 6.33. The van der Waals surface area contributed by atoms with E-state index in [2.05, 4.69) is 12.2 Å². The Morgan fingerprint density at radius 2 is 2.00 bits per heavy atom. The van der Waals surface area contributed by atoms with E-state index < -0.39 is 11.9 Å². The average Bonchev–Trinajstić information content (AvgIpc) is 2.81. The van der Waals surface area contributed by atoms with E-state index >= 15 is 0 Å². The first kappa shape index (κ1) is 14.6. The Morgan fingerprint density at radius 1 is 1.37 bits per heavy atom. The molecule has 0 spiro atoms. The van der Waals surface area contributed by atoms with Crippen LogP contribution in [0.25, 0.3) is 0 Å². The molecule has 19 heavy (non-hydrogen) atoms. The van der Waals surface area contributed by atoms with E-state index in [1.807, 2.05) is 0 Å². The maximum absolute atomic E-state index is 14.1. The van der Waals surface area contributed by atoms with Gasteiger partial charge in [0.15, 0.2) is 0 Å². The van der Waals surface area contributed by atoms with Crippen molar-refractivity contribution in [1.82, 2.24) is 5.32 Å². The molecule has 104 valence electrons. The minimum atomic E-state index is -0.446. The van der Waals surface area contributed by atoms with Crippen molar-refractivity contribution >= 4 is 29.6 Å². The van der Waals surface area contributed by atoms with E-state index in [1.165, 1.54) is 12.1 Å². The minimum Gasteiger partial charge on any atom is -0.351 e. The van der Waals surface area contributed by atoms with Crippen LogP contribution in [0.4, 0.5) is 4.39 Å². The van der Waals surface area contributed by atoms with Gasteiger partial charge >= 0.3 is 0 Å². The number of carbonyl (C=O) groups is 1. The molecule has 1 atom stereocenters. The summed E-state index contributed by atoms with van der Waals surface area (Å²) in [5, 5.41) is 3.22. The highest BCUT2D eigenvalue weighted by molar-refractivity contribution is 6.42. The molecule has 2 rings (SSSR count). The van der Waals surface area contributed by atoms with Crippen molar-refractivity contribution in [3.05, 3.63) is 33.6 Å². The predicted molar refractivity (Wildman–Crippen MR) is 74.9 cm³/mol. The van der Waals surface area contributed by atoms with Gasteiger partial charge in [-0.2, -0.15) is 0 Å². The van der Waals surface area contributed by atoms with Crippen LogP contribution in [-0.4, -0.2) is 6.41 Å². The summed E-state index contributed by atoms with van der Waals surface area (Å²) in [5.41, 5.74) is 0.112. The van der Waals surface area contributed by atoms with Crippen molar-refractivity contribution in [3.8, 4) is 0 Å². The smallest absolute Gasteiger partial charge is 0.207 e. The summed E-state index contributed by atoms with van der Waals surface area (Å²) in [4.78, 5) is 10.9. The molecule has 0 aliphatic heterocycles. The Labute approximate surface area is 122 Å². The molecule has 0 heterocycles. The van der Waals surface area contributed by atoms with E-state index in [4.69, 9.17) is 23.2 Å². The lowest BCUT2D eigenvalue weighted by molar-refractivity contribution is -0.111. The number of nitrogens with one attached hydrogen (secondary N) is 1.